The van der Waals surface area contributed by atoms with E-state index >= 15 is 0 Å². The molecule has 1 atom stereocenters. The Balaban J connectivity index is 2.11. The monoisotopic (exact) mass is 250 g/mol. The lowest BCUT2D eigenvalue weighted by atomic mass is 9.93. The van der Waals surface area contributed by atoms with Crippen molar-refractivity contribution in [3.05, 3.63) is 35.6 Å². The number of carbonyl (C=O) groups excluding carboxylic acids is 1. The van der Waals surface area contributed by atoms with Crippen LogP contribution in [0.4, 0.5) is 4.39 Å². The van der Waals surface area contributed by atoms with E-state index in [2.05, 4.69) is 10.6 Å². The first-order chi connectivity index (χ1) is 8.50. The van der Waals surface area contributed by atoms with Gasteiger partial charge in [-0.3, -0.25) is 4.79 Å². The molecular weight excluding hydrogens is 231 g/mol. The molecule has 1 saturated heterocycles. The maximum atomic E-state index is 13.7. The zero-order valence-corrected chi connectivity index (χ0v) is 10.8. The minimum atomic E-state index is -0.702. The molecule has 1 aromatic carbocycles. The van der Waals surface area contributed by atoms with Crippen molar-refractivity contribution in [1.82, 2.24) is 10.6 Å². The summed E-state index contributed by atoms with van der Waals surface area (Å²) in [5, 5.41) is 6.05. The molecule has 98 valence electrons. The predicted octanol–water partition coefficient (Wildman–Crippen LogP) is 1.93. The Morgan fingerprint density at radius 2 is 2.17 bits per heavy atom. The maximum absolute atomic E-state index is 13.7. The molecule has 1 heterocycles. The van der Waals surface area contributed by atoms with Gasteiger partial charge in [-0.25, -0.2) is 4.39 Å². The van der Waals surface area contributed by atoms with Crippen molar-refractivity contribution < 1.29 is 9.18 Å². The van der Waals surface area contributed by atoms with Crippen molar-refractivity contribution in [3.63, 3.8) is 0 Å². The lowest BCUT2D eigenvalue weighted by Gasteiger charge is -2.28. The molecule has 0 bridgehead atoms. The molecule has 18 heavy (non-hydrogen) atoms. The van der Waals surface area contributed by atoms with Gasteiger partial charge in [-0.05, 0) is 39.3 Å². The van der Waals surface area contributed by atoms with Crippen molar-refractivity contribution in [1.29, 1.82) is 0 Å². The van der Waals surface area contributed by atoms with E-state index in [0.29, 0.717) is 5.56 Å². The molecule has 3 nitrogen and oxygen atoms in total. The first-order valence-electron chi connectivity index (χ1n) is 6.31. The van der Waals surface area contributed by atoms with Gasteiger partial charge in [0.15, 0.2) is 0 Å². The minimum absolute atomic E-state index is 0.0549. The molecule has 1 aliphatic rings. The van der Waals surface area contributed by atoms with Crippen molar-refractivity contribution in [2.24, 2.45) is 0 Å². The summed E-state index contributed by atoms with van der Waals surface area (Å²) >= 11 is 0. The van der Waals surface area contributed by atoms with E-state index in [9.17, 15) is 9.18 Å². The summed E-state index contributed by atoms with van der Waals surface area (Å²) in [6, 6.07) is 6.40. The Kier molecular flexibility index (Phi) is 3.66. The number of rotatable bonds is 3. The van der Waals surface area contributed by atoms with Crippen LogP contribution >= 0.6 is 0 Å². The third-order valence-electron chi connectivity index (χ3n) is 3.36. The van der Waals surface area contributed by atoms with Crippen LogP contribution in [0.1, 0.15) is 32.3 Å². The predicted molar refractivity (Wildman–Crippen MR) is 68.6 cm³/mol. The molecule has 4 heteroatoms. The number of benzene rings is 1. The number of amides is 1. The Morgan fingerprint density at radius 3 is 2.78 bits per heavy atom. The molecule has 0 radical (unpaired) electrons. The number of halogens is 1. The van der Waals surface area contributed by atoms with Crippen LogP contribution in [0.25, 0.3) is 0 Å². The van der Waals surface area contributed by atoms with Crippen LogP contribution in [-0.2, 0) is 10.3 Å². The first kappa shape index (κ1) is 13.0. The van der Waals surface area contributed by atoms with Gasteiger partial charge in [-0.2, -0.15) is 0 Å². The summed E-state index contributed by atoms with van der Waals surface area (Å²) in [5.41, 5.74) is -0.191. The summed E-state index contributed by atoms with van der Waals surface area (Å²) in [6.07, 6.45) is 1.86. The summed E-state index contributed by atoms with van der Waals surface area (Å²) in [4.78, 5) is 12.0. The van der Waals surface area contributed by atoms with Gasteiger partial charge in [0, 0.05) is 5.56 Å². The maximum Gasteiger partial charge on any atom is 0.237 e. The third kappa shape index (κ3) is 2.70. The normalized spacial score (nSPS) is 19.8. The molecule has 1 unspecified atom stereocenters. The summed E-state index contributed by atoms with van der Waals surface area (Å²) < 4.78 is 13.7. The molecule has 1 aromatic rings. The van der Waals surface area contributed by atoms with Gasteiger partial charge >= 0.3 is 0 Å². The fourth-order valence-electron chi connectivity index (χ4n) is 2.34. The quantitative estimate of drug-likeness (QED) is 0.860. The summed E-state index contributed by atoms with van der Waals surface area (Å²) in [5.74, 6) is -0.345. The van der Waals surface area contributed by atoms with Gasteiger partial charge in [-0.15, -0.1) is 0 Å². The zero-order chi connectivity index (χ0) is 13.2. The Morgan fingerprint density at radius 1 is 1.44 bits per heavy atom. The highest BCUT2D eigenvalue weighted by Gasteiger charge is 2.30. The van der Waals surface area contributed by atoms with E-state index in [1.54, 1.807) is 18.2 Å². The van der Waals surface area contributed by atoms with Crippen molar-refractivity contribution in [2.45, 2.75) is 38.3 Å². The highest BCUT2D eigenvalue weighted by Crippen LogP contribution is 2.23. The van der Waals surface area contributed by atoms with Gasteiger partial charge in [0.05, 0.1) is 11.6 Å². The van der Waals surface area contributed by atoms with Crippen molar-refractivity contribution in [2.75, 3.05) is 6.54 Å². The van der Waals surface area contributed by atoms with Crippen LogP contribution in [0.15, 0.2) is 24.3 Å². The van der Waals surface area contributed by atoms with E-state index in [1.165, 1.54) is 6.07 Å². The average Bonchev–Trinajstić information content (AvgIpc) is 2.82. The number of hydrogen-bond acceptors (Lipinski definition) is 2. The number of hydrogen-bond donors (Lipinski definition) is 2. The highest BCUT2D eigenvalue weighted by atomic mass is 19.1. The number of nitrogens with one attached hydrogen (secondary N) is 2. The number of carbonyl (C=O) groups is 1. The molecule has 0 saturated carbocycles. The van der Waals surface area contributed by atoms with Crippen molar-refractivity contribution >= 4 is 5.91 Å². The molecule has 2 N–H and O–H groups in total. The molecular formula is C14H19FN2O. The molecule has 1 aliphatic heterocycles. The van der Waals surface area contributed by atoms with Crippen LogP contribution in [-0.4, -0.2) is 18.5 Å². The first-order valence-corrected chi connectivity index (χ1v) is 6.31. The van der Waals surface area contributed by atoms with Crippen LogP contribution in [0.5, 0.6) is 0 Å². The largest absolute Gasteiger partial charge is 0.346 e. The van der Waals surface area contributed by atoms with E-state index in [0.717, 1.165) is 19.4 Å². The van der Waals surface area contributed by atoms with E-state index in [4.69, 9.17) is 0 Å². The zero-order valence-electron chi connectivity index (χ0n) is 10.8. The van der Waals surface area contributed by atoms with Crippen molar-refractivity contribution in [3.8, 4) is 0 Å². The van der Waals surface area contributed by atoms with Crippen LogP contribution in [0.2, 0.25) is 0 Å². The Bertz CT molecular complexity index is 439. The standard InChI is InChI=1S/C14H19FN2O/c1-14(2,10-6-3-4-7-11(10)15)17-13(18)12-8-5-9-16-12/h3-4,6-7,12,16H,5,8-9H2,1-2H3,(H,17,18). The molecule has 1 fully saturated rings. The van der Waals surface area contributed by atoms with Gasteiger partial charge in [0.1, 0.15) is 5.82 Å². The molecule has 0 aliphatic carbocycles. The fourth-order valence-corrected chi connectivity index (χ4v) is 2.34. The second kappa shape index (κ2) is 5.06. The molecule has 0 spiro atoms. The van der Waals surface area contributed by atoms with E-state index in [-0.39, 0.29) is 17.8 Å². The molecule has 2 rings (SSSR count). The Hall–Kier alpha value is -1.42. The minimum Gasteiger partial charge on any atom is -0.346 e. The molecule has 1 amide bonds. The lowest BCUT2D eigenvalue weighted by Crippen LogP contribution is -2.49. The molecule has 0 aromatic heterocycles. The third-order valence-corrected chi connectivity index (χ3v) is 3.36. The second-order valence-corrected chi connectivity index (χ2v) is 5.24. The highest BCUT2D eigenvalue weighted by molar-refractivity contribution is 5.82. The average molecular weight is 250 g/mol. The lowest BCUT2D eigenvalue weighted by molar-refractivity contribution is -0.124. The van der Waals surface area contributed by atoms with Crippen LogP contribution in [0.3, 0.4) is 0 Å². The van der Waals surface area contributed by atoms with E-state index < -0.39 is 5.54 Å². The summed E-state index contributed by atoms with van der Waals surface area (Å²) in [6.45, 7) is 4.51. The van der Waals surface area contributed by atoms with E-state index in [1.807, 2.05) is 13.8 Å². The topological polar surface area (TPSA) is 41.1 Å². The second-order valence-electron chi connectivity index (χ2n) is 5.24. The SMILES string of the molecule is CC(C)(NC(=O)C1CCCN1)c1ccccc1F. The van der Waals surface area contributed by atoms with Gasteiger partial charge in [0.2, 0.25) is 5.91 Å². The van der Waals surface area contributed by atoms with Gasteiger partial charge in [-0.1, -0.05) is 18.2 Å². The van der Waals surface area contributed by atoms with Crippen LogP contribution < -0.4 is 10.6 Å². The van der Waals surface area contributed by atoms with Gasteiger partial charge < -0.3 is 10.6 Å². The Labute approximate surface area is 107 Å². The summed E-state index contributed by atoms with van der Waals surface area (Å²) in [7, 11) is 0. The van der Waals surface area contributed by atoms with Crippen LogP contribution in [0, 0.1) is 5.82 Å². The smallest absolute Gasteiger partial charge is 0.237 e. The fraction of sp³-hybridized carbons (Fsp3) is 0.500. The van der Waals surface area contributed by atoms with Gasteiger partial charge in [0.25, 0.3) is 0 Å².